The first-order valence-corrected chi connectivity index (χ1v) is 9.54. The molecule has 0 fully saturated rings. The van der Waals surface area contributed by atoms with Crippen LogP contribution in [0, 0.1) is 12.3 Å². The van der Waals surface area contributed by atoms with Crippen LogP contribution >= 0.6 is 0 Å². The Morgan fingerprint density at radius 3 is 2.68 bits per heavy atom. The number of hydrogen-bond acceptors (Lipinski definition) is 6. The minimum atomic E-state index is -3.28. The number of halogens is 3. The molecule has 2 aromatic heterocycles. The van der Waals surface area contributed by atoms with E-state index in [1.165, 1.54) is 36.3 Å². The predicted molar refractivity (Wildman–Crippen MR) is 104 cm³/mol. The van der Waals surface area contributed by atoms with Gasteiger partial charge in [0.2, 0.25) is 5.78 Å². The molecule has 2 aromatic rings. The number of ether oxygens (including phenoxy) is 1. The van der Waals surface area contributed by atoms with Crippen LogP contribution < -0.4 is 4.74 Å². The van der Waals surface area contributed by atoms with Gasteiger partial charge in [-0.05, 0) is 18.4 Å². The molecule has 1 N–H and O–H groups in total. The van der Waals surface area contributed by atoms with Gasteiger partial charge >= 0.3 is 6.43 Å². The number of carbonyl (C=O) groups is 2. The van der Waals surface area contributed by atoms with Gasteiger partial charge < -0.3 is 9.84 Å². The van der Waals surface area contributed by atoms with E-state index in [0.29, 0.717) is 11.3 Å². The highest BCUT2D eigenvalue weighted by Gasteiger charge is 2.36. The average molecular weight is 437 g/mol. The van der Waals surface area contributed by atoms with Gasteiger partial charge in [-0.3, -0.25) is 19.3 Å². The van der Waals surface area contributed by atoms with E-state index in [-0.39, 0.29) is 42.0 Å². The van der Waals surface area contributed by atoms with E-state index in [1.807, 2.05) is 13.8 Å². The summed E-state index contributed by atoms with van der Waals surface area (Å²) < 4.78 is 44.1. The molecule has 1 aliphatic carbocycles. The highest BCUT2D eigenvalue weighted by atomic mass is 19.3. The molecule has 166 valence electrons. The topological polar surface area (TPSA) is 94.3 Å². The number of aliphatic hydroxyl groups excluding tert-OH is 1. The monoisotopic (exact) mass is 437 g/mol. The average Bonchev–Trinajstić information content (AvgIpc) is 3.11. The molecule has 2 heterocycles. The molecule has 0 radical (unpaired) electrons. The largest absolute Gasteiger partial charge is 0.511 e. The molecule has 1 atom stereocenters. The number of aliphatic hydroxyl groups is 1. The van der Waals surface area contributed by atoms with Crippen molar-refractivity contribution in [2.45, 2.75) is 52.9 Å². The Labute approximate surface area is 176 Å². The van der Waals surface area contributed by atoms with Crippen LogP contribution in [0.4, 0.5) is 13.2 Å². The van der Waals surface area contributed by atoms with Gasteiger partial charge in [0.05, 0.1) is 24.0 Å². The van der Waals surface area contributed by atoms with Crippen molar-refractivity contribution in [3.63, 3.8) is 0 Å². The minimum absolute atomic E-state index is 0.0496. The number of hydrogen-bond donors (Lipinski definition) is 1. The summed E-state index contributed by atoms with van der Waals surface area (Å²) in [4.78, 5) is 29.3. The molecule has 31 heavy (non-hydrogen) atoms. The molecule has 0 bridgehead atoms. The molecule has 0 aromatic carbocycles. The predicted octanol–water partition coefficient (Wildman–Crippen LogP) is 3.96. The summed E-state index contributed by atoms with van der Waals surface area (Å²) in [5.74, 6) is -1.36. The lowest BCUT2D eigenvalue weighted by Gasteiger charge is -2.28. The lowest BCUT2D eigenvalue weighted by Crippen LogP contribution is -2.29. The fourth-order valence-corrected chi connectivity index (χ4v) is 3.43. The van der Waals surface area contributed by atoms with Crippen LogP contribution in [0.5, 0.6) is 5.75 Å². The van der Waals surface area contributed by atoms with E-state index in [2.05, 4.69) is 14.8 Å². The van der Waals surface area contributed by atoms with Crippen LogP contribution in [-0.2, 0) is 11.3 Å². The lowest BCUT2D eigenvalue weighted by molar-refractivity contribution is -0.118. The second-order valence-electron chi connectivity index (χ2n) is 8.20. The summed E-state index contributed by atoms with van der Waals surface area (Å²) >= 11 is 0. The van der Waals surface area contributed by atoms with Crippen LogP contribution in [-0.4, -0.2) is 44.2 Å². The van der Waals surface area contributed by atoms with Gasteiger partial charge in [0, 0.05) is 30.8 Å². The van der Waals surface area contributed by atoms with Gasteiger partial charge in [-0.25, -0.2) is 8.78 Å². The van der Waals surface area contributed by atoms with Crippen molar-refractivity contribution in [3.05, 3.63) is 52.8 Å². The molecule has 0 saturated carbocycles. The van der Waals surface area contributed by atoms with E-state index in [1.54, 1.807) is 0 Å². The van der Waals surface area contributed by atoms with E-state index in [4.69, 9.17) is 0 Å². The number of nitrogens with zero attached hydrogens (tertiary/aromatic N) is 3. The molecule has 1 aliphatic rings. The third-order valence-electron chi connectivity index (χ3n) is 4.98. The van der Waals surface area contributed by atoms with Gasteiger partial charge in [0.25, 0.3) is 6.36 Å². The Kier molecular flexibility index (Phi) is 6.19. The van der Waals surface area contributed by atoms with Crippen molar-refractivity contribution in [2.24, 2.45) is 5.41 Å². The zero-order valence-electron chi connectivity index (χ0n) is 17.2. The first kappa shape index (κ1) is 22.5. The Bertz CT molecular complexity index is 1050. The standard InChI is InChI=1S/C21H22F3N3O4/c1-11-13(25-5-4-16(11)31-20(24)19(22)23)10-27-9-12(8-26-27)18(30)17-14(28)6-21(2,3)7-15(17)29/h4-5,8-9,19-20,28H,6-7,10H2,1-3H3. The van der Waals surface area contributed by atoms with Crippen molar-refractivity contribution in [1.82, 2.24) is 14.8 Å². The summed E-state index contributed by atoms with van der Waals surface area (Å²) in [5.41, 5.74) is 0.178. The smallest absolute Gasteiger partial charge is 0.304 e. The Balaban J connectivity index is 1.79. The third-order valence-corrected chi connectivity index (χ3v) is 4.98. The maximum Gasteiger partial charge on any atom is 0.304 e. The number of ketones is 2. The van der Waals surface area contributed by atoms with Gasteiger partial charge in [-0.15, -0.1) is 0 Å². The molecule has 1 unspecified atom stereocenters. The molecule has 10 heteroatoms. The fraction of sp³-hybridized carbons (Fsp3) is 0.429. The Morgan fingerprint density at radius 2 is 2.03 bits per heavy atom. The Morgan fingerprint density at radius 1 is 1.32 bits per heavy atom. The summed E-state index contributed by atoms with van der Waals surface area (Å²) in [5, 5.41) is 14.3. The van der Waals surface area contributed by atoms with E-state index in [9.17, 15) is 27.9 Å². The summed E-state index contributed by atoms with van der Waals surface area (Å²) in [6.07, 6.45) is -1.73. The number of alkyl halides is 3. The molecule has 0 saturated heterocycles. The number of pyridine rings is 1. The van der Waals surface area contributed by atoms with Crippen molar-refractivity contribution in [2.75, 3.05) is 0 Å². The highest BCUT2D eigenvalue weighted by Crippen LogP contribution is 2.36. The number of allylic oxidation sites excluding steroid dienone is 2. The number of rotatable bonds is 7. The molecule has 0 amide bonds. The lowest BCUT2D eigenvalue weighted by atomic mass is 9.75. The van der Waals surface area contributed by atoms with Gasteiger partial charge in [-0.2, -0.15) is 9.49 Å². The van der Waals surface area contributed by atoms with E-state index in [0.717, 1.165) is 0 Å². The molecule has 0 spiro atoms. The number of carbonyl (C=O) groups excluding carboxylic acids is 2. The summed E-state index contributed by atoms with van der Waals surface area (Å²) in [6, 6.07) is 1.28. The highest BCUT2D eigenvalue weighted by molar-refractivity contribution is 6.26. The second kappa shape index (κ2) is 8.52. The van der Waals surface area contributed by atoms with E-state index < -0.39 is 29.8 Å². The summed E-state index contributed by atoms with van der Waals surface area (Å²) in [6.45, 7) is 5.25. The quantitative estimate of drug-likeness (QED) is 0.521. The normalized spacial score (nSPS) is 17.2. The molecule has 7 nitrogen and oxygen atoms in total. The van der Waals surface area contributed by atoms with Crippen molar-refractivity contribution in [1.29, 1.82) is 0 Å². The zero-order chi connectivity index (χ0) is 22.9. The number of Topliss-reactive ketones (excluding diaryl/α,β-unsaturated/α-hetero) is 2. The van der Waals surface area contributed by atoms with Crippen LogP contribution in [0.15, 0.2) is 36.0 Å². The van der Waals surface area contributed by atoms with Crippen LogP contribution in [0.3, 0.4) is 0 Å². The molecular formula is C21H22F3N3O4. The van der Waals surface area contributed by atoms with Gasteiger partial charge in [-0.1, -0.05) is 13.8 Å². The second-order valence-corrected chi connectivity index (χ2v) is 8.20. The van der Waals surface area contributed by atoms with Crippen LogP contribution in [0.2, 0.25) is 0 Å². The molecule has 3 rings (SSSR count). The van der Waals surface area contributed by atoms with E-state index >= 15 is 0 Å². The first-order chi connectivity index (χ1) is 14.5. The van der Waals surface area contributed by atoms with Gasteiger partial charge in [0.15, 0.2) is 5.78 Å². The Hall–Kier alpha value is -3.17. The van der Waals surface area contributed by atoms with Crippen molar-refractivity contribution >= 4 is 11.6 Å². The summed E-state index contributed by atoms with van der Waals surface area (Å²) in [7, 11) is 0. The first-order valence-electron chi connectivity index (χ1n) is 9.54. The van der Waals surface area contributed by atoms with Crippen LogP contribution in [0.25, 0.3) is 0 Å². The van der Waals surface area contributed by atoms with Crippen molar-refractivity contribution < 1.29 is 32.6 Å². The number of aromatic nitrogens is 3. The third kappa shape index (κ3) is 4.95. The van der Waals surface area contributed by atoms with Crippen LogP contribution in [0.1, 0.15) is 48.3 Å². The maximum absolute atomic E-state index is 13.2. The van der Waals surface area contributed by atoms with Gasteiger partial charge in [0.1, 0.15) is 17.1 Å². The molecular weight excluding hydrogens is 415 g/mol. The maximum atomic E-state index is 13.2. The van der Waals surface area contributed by atoms with Crippen molar-refractivity contribution in [3.8, 4) is 5.75 Å². The minimum Gasteiger partial charge on any atom is -0.511 e. The SMILES string of the molecule is Cc1c(OC(F)C(F)F)ccnc1Cn1cc(C(=O)C2=C(O)CC(C)(C)CC2=O)cn1. The molecule has 0 aliphatic heterocycles. The fourth-order valence-electron chi connectivity index (χ4n) is 3.43. The zero-order valence-corrected chi connectivity index (χ0v) is 17.2.